The Bertz CT molecular complexity index is 325. The Morgan fingerprint density at radius 3 is 2.64 bits per heavy atom. The van der Waals surface area contributed by atoms with Gasteiger partial charge in [0.2, 0.25) is 0 Å². The summed E-state index contributed by atoms with van der Waals surface area (Å²) < 4.78 is 1.87. The number of aromatic nitrogens is 3. The average Bonchev–Trinajstić information content (AvgIpc) is 2.45. The zero-order valence-corrected chi connectivity index (χ0v) is 8.95. The number of rotatable bonds is 3. The van der Waals surface area contributed by atoms with Gasteiger partial charge in [0, 0.05) is 25.4 Å². The minimum absolute atomic E-state index is 0.00576. The number of nitrogens with zero attached hydrogens (tertiary/aromatic N) is 3. The Balaban J connectivity index is 2.11. The van der Waals surface area contributed by atoms with Crippen LogP contribution in [0.3, 0.4) is 0 Å². The van der Waals surface area contributed by atoms with Gasteiger partial charge in [-0.3, -0.25) is 4.68 Å². The summed E-state index contributed by atoms with van der Waals surface area (Å²) in [4.78, 5) is 4.47. The van der Waals surface area contributed by atoms with Crippen LogP contribution in [0.2, 0.25) is 0 Å². The first-order valence-electron chi connectivity index (χ1n) is 5.31. The molecule has 0 saturated heterocycles. The van der Waals surface area contributed by atoms with E-state index in [1.807, 2.05) is 11.7 Å². The molecule has 0 spiro atoms. The molecule has 4 heteroatoms. The van der Waals surface area contributed by atoms with Crippen LogP contribution in [0, 0.1) is 0 Å². The van der Waals surface area contributed by atoms with Gasteiger partial charge >= 0.3 is 0 Å². The van der Waals surface area contributed by atoms with Crippen molar-refractivity contribution < 1.29 is 0 Å². The Morgan fingerprint density at radius 2 is 2.21 bits per heavy atom. The van der Waals surface area contributed by atoms with Crippen molar-refractivity contribution in [2.45, 2.75) is 44.6 Å². The van der Waals surface area contributed by atoms with Gasteiger partial charge in [-0.25, -0.2) is 4.98 Å². The van der Waals surface area contributed by atoms with Gasteiger partial charge in [0.05, 0.1) is 0 Å². The summed E-state index contributed by atoms with van der Waals surface area (Å²) in [7, 11) is 1.95. The second-order valence-electron chi connectivity index (χ2n) is 4.31. The first-order valence-corrected chi connectivity index (χ1v) is 5.31. The highest BCUT2D eigenvalue weighted by Gasteiger charge is 2.34. The molecule has 0 aromatic carbocycles. The van der Waals surface area contributed by atoms with Gasteiger partial charge in [-0.2, -0.15) is 5.10 Å². The quantitative estimate of drug-likeness (QED) is 0.774. The van der Waals surface area contributed by atoms with E-state index in [-0.39, 0.29) is 5.54 Å². The van der Waals surface area contributed by atoms with Crippen molar-refractivity contribution in [2.24, 2.45) is 12.8 Å². The monoisotopic (exact) mass is 194 g/mol. The normalized spacial score (nSPS) is 19.4. The van der Waals surface area contributed by atoms with Gasteiger partial charge in [0.1, 0.15) is 5.82 Å². The second kappa shape index (κ2) is 3.35. The third-order valence-corrected chi connectivity index (χ3v) is 3.07. The first kappa shape index (κ1) is 9.65. The maximum atomic E-state index is 6.17. The zero-order chi connectivity index (χ0) is 10.2. The van der Waals surface area contributed by atoms with Crippen molar-refractivity contribution in [1.82, 2.24) is 14.8 Å². The standard InChI is InChI=1S/C10H18N4/c1-3-8-12-9(14(2)13-8)7-10(11)5-4-6-10/h3-7,11H2,1-2H3. The minimum Gasteiger partial charge on any atom is -0.325 e. The topological polar surface area (TPSA) is 56.7 Å². The van der Waals surface area contributed by atoms with Crippen LogP contribution in [-0.2, 0) is 19.9 Å². The largest absolute Gasteiger partial charge is 0.325 e. The number of hydrogen-bond acceptors (Lipinski definition) is 3. The van der Waals surface area contributed by atoms with E-state index in [4.69, 9.17) is 5.73 Å². The van der Waals surface area contributed by atoms with Gasteiger partial charge in [-0.1, -0.05) is 6.92 Å². The molecule has 1 heterocycles. The molecule has 14 heavy (non-hydrogen) atoms. The molecule has 0 aliphatic heterocycles. The summed E-state index contributed by atoms with van der Waals surface area (Å²) in [5.74, 6) is 1.95. The van der Waals surface area contributed by atoms with E-state index in [1.54, 1.807) is 0 Å². The van der Waals surface area contributed by atoms with E-state index in [0.29, 0.717) is 0 Å². The van der Waals surface area contributed by atoms with Crippen molar-refractivity contribution in [3.8, 4) is 0 Å². The van der Waals surface area contributed by atoms with E-state index < -0.39 is 0 Å². The fourth-order valence-electron chi connectivity index (χ4n) is 1.90. The van der Waals surface area contributed by atoms with E-state index in [2.05, 4.69) is 17.0 Å². The van der Waals surface area contributed by atoms with Gasteiger partial charge in [0.25, 0.3) is 0 Å². The predicted octanol–water partition coefficient (Wildman–Crippen LogP) is 0.801. The molecule has 0 radical (unpaired) electrons. The molecule has 0 bridgehead atoms. The van der Waals surface area contributed by atoms with Crippen molar-refractivity contribution in [1.29, 1.82) is 0 Å². The Labute approximate surface area is 84.5 Å². The number of nitrogens with two attached hydrogens (primary N) is 1. The van der Waals surface area contributed by atoms with Gasteiger partial charge in [-0.15, -0.1) is 0 Å². The summed E-state index contributed by atoms with van der Waals surface area (Å²) in [5.41, 5.74) is 6.18. The molecule has 0 amide bonds. The van der Waals surface area contributed by atoms with Crippen molar-refractivity contribution >= 4 is 0 Å². The SMILES string of the molecule is CCc1nc(CC2(N)CCC2)n(C)n1. The molecule has 2 N–H and O–H groups in total. The predicted molar refractivity (Wildman–Crippen MR) is 54.9 cm³/mol. The lowest BCUT2D eigenvalue weighted by Gasteiger charge is -2.37. The summed E-state index contributed by atoms with van der Waals surface area (Å²) in [6.45, 7) is 2.07. The summed E-state index contributed by atoms with van der Waals surface area (Å²) in [5, 5.41) is 4.32. The van der Waals surface area contributed by atoms with Crippen LogP contribution in [-0.4, -0.2) is 20.3 Å². The average molecular weight is 194 g/mol. The Hall–Kier alpha value is -0.900. The smallest absolute Gasteiger partial charge is 0.150 e. The summed E-state index contributed by atoms with van der Waals surface area (Å²) in [6.07, 6.45) is 5.28. The highest BCUT2D eigenvalue weighted by atomic mass is 15.3. The molecule has 0 atom stereocenters. The van der Waals surface area contributed by atoms with E-state index in [0.717, 1.165) is 37.3 Å². The molecule has 1 aliphatic rings. The second-order valence-corrected chi connectivity index (χ2v) is 4.31. The Kier molecular flexibility index (Phi) is 2.31. The van der Waals surface area contributed by atoms with E-state index >= 15 is 0 Å². The molecule has 78 valence electrons. The van der Waals surface area contributed by atoms with Gasteiger partial charge in [-0.05, 0) is 19.3 Å². The van der Waals surface area contributed by atoms with Crippen LogP contribution in [0.4, 0.5) is 0 Å². The van der Waals surface area contributed by atoms with Crippen LogP contribution in [0.25, 0.3) is 0 Å². The van der Waals surface area contributed by atoms with E-state index in [9.17, 15) is 0 Å². The lowest BCUT2D eigenvalue weighted by Crippen LogP contribution is -2.48. The first-order chi connectivity index (χ1) is 6.63. The number of hydrogen-bond donors (Lipinski definition) is 1. The zero-order valence-electron chi connectivity index (χ0n) is 8.95. The van der Waals surface area contributed by atoms with Crippen LogP contribution >= 0.6 is 0 Å². The fraction of sp³-hybridized carbons (Fsp3) is 0.800. The van der Waals surface area contributed by atoms with Gasteiger partial charge in [0.15, 0.2) is 5.82 Å². The van der Waals surface area contributed by atoms with Crippen LogP contribution < -0.4 is 5.73 Å². The molecule has 2 rings (SSSR count). The Morgan fingerprint density at radius 1 is 1.50 bits per heavy atom. The molecular formula is C10H18N4. The van der Waals surface area contributed by atoms with Crippen molar-refractivity contribution in [3.63, 3.8) is 0 Å². The maximum Gasteiger partial charge on any atom is 0.150 e. The van der Waals surface area contributed by atoms with Crippen LogP contribution in [0.1, 0.15) is 37.8 Å². The molecular weight excluding hydrogens is 176 g/mol. The highest BCUT2D eigenvalue weighted by Crippen LogP contribution is 2.31. The molecule has 1 fully saturated rings. The minimum atomic E-state index is 0.00576. The third-order valence-electron chi connectivity index (χ3n) is 3.07. The molecule has 4 nitrogen and oxygen atoms in total. The molecule has 1 aromatic rings. The van der Waals surface area contributed by atoms with Gasteiger partial charge < -0.3 is 5.73 Å². The highest BCUT2D eigenvalue weighted by molar-refractivity contribution is 5.04. The van der Waals surface area contributed by atoms with E-state index in [1.165, 1.54) is 6.42 Å². The molecule has 0 unspecified atom stereocenters. The summed E-state index contributed by atoms with van der Waals surface area (Å²) in [6, 6.07) is 0. The maximum absolute atomic E-state index is 6.17. The number of aryl methyl sites for hydroxylation is 2. The third kappa shape index (κ3) is 1.66. The lowest BCUT2D eigenvalue weighted by atomic mass is 9.75. The fourth-order valence-corrected chi connectivity index (χ4v) is 1.90. The van der Waals surface area contributed by atoms with Crippen molar-refractivity contribution in [3.05, 3.63) is 11.6 Å². The van der Waals surface area contributed by atoms with Crippen LogP contribution in [0.5, 0.6) is 0 Å². The molecule has 1 saturated carbocycles. The molecule has 1 aliphatic carbocycles. The lowest BCUT2D eigenvalue weighted by molar-refractivity contribution is 0.241. The van der Waals surface area contributed by atoms with Crippen molar-refractivity contribution in [2.75, 3.05) is 0 Å². The van der Waals surface area contributed by atoms with Crippen LogP contribution in [0.15, 0.2) is 0 Å². The molecule has 1 aromatic heterocycles. The summed E-state index contributed by atoms with van der Waals surface area (Å²) >= 11 is 0.